The minimum atomic E-state index is -4.72. The van der Waals surface area contributed by atoms with Crippen LogP contribution in [0.1, 0.15) is 24.9 Å². The van der Waals surface area contributed by atoms with E-state index in [1.807, 2.05) is 6.92 Å². The van der Waals surface area contributed by atoms with Gasteiger partial charge in [0.15, 0.2) is 6.29 Å². The minimum Gasteiger partial charge on any atom is -0.405 e. The van der Waals surface area contributed by atoms with Crippen molar-refractivity contribution in [1.82, 2.24) is 5.32 Å². The van der Waals surface area contributed by atoms with E-state index in [2.05, 4.69) is 10.1 Å². The van der Waals surface area contributed by atoms with Gasteiger partial charge in [-0.05, 0) is 12.6 Å². The van der Waals surface area contributed by atoms with Crippen LogP contribution in [-0.2, 0) is 9.47 Å². The molecule has 0 amide bonds. The van der Waals surface area contributed by atoms with Gasteiger partial charge in [0.05, 0.1) is 13.2 Å². The van der Waals surface area contributed by atoms with Gasteiger partial charge in [0.2, 0.25) is 0 Å². The zero-order valence-electron chi connectivity index (χ0n) is 11.7. The molecule has 0 saturated carbocycles. The Morgan fingerprint density at radius 2 is 1.95 bits per heavy atom. The molecule has 1 aliphatic rings. The van der Waals surface area contributed by atoms with Gasteiger partial charge in [-0.25, -0.2) is 0 Å². The molecule has 4 nitrogen and oxygen atoms in total. The molecule has 0 radical (unpaired) electrons. The second kappa shape index (κ2) is 7.11. The molecule has 0 spiro atoms. The van der Waals surface area contributed by atoms with Gasteiger partial charge < -0.3 is 19.5 Å². The molecular formula is C14H18F3NO3. The van der Waals surface area contributed by atoms with Gasteiger partial charge in [-0.1, -0.05) is 25.1 Å². The van der Waals surface area contributed by atoms with Crippen LogP contribution in [0.15, 0.2) is 24.3 Å². The Labute approximate surface area is 121 Å². The van der Waals surface area contributed by atoms with E-state index in [4.69, 9.17) is 9.47 Å². The first kappa shape index (κ1) is 16.1. The van der Waals surface area contributed by atoms with E-state index < -0.39 is 12.7 Å². The number of benzene rings is 1. The lowest BCUT2D eigenvalue weighted by atomic mass is 10.0. The number of hydrogen-bond donors (Lipinski definition) is 1. The van der Waals surface area contributed by atoms with Crippen LogP contribution < -0.4 is 10.1 Å². The van der Waals surface area contributed by atoms with Gasteiger partial charge in [-0.2, -0.15) is 0 Å². The van der Waals surface area contributed by atoms with Gasteiger partial charge in [-0.15, -0.1) is 13.2 Å². The molecule has 7 heteroatoms. The Morgan fingerprint density at radius 1 is 1.29 bits per heavy atom. The van der Waals surface area contributed by atoms with Crippen LogP contribution >= 0.6 is 0 Å². The summed E-state index contributed by atoms with van der Waals surface area (Å²) in [5.41, 5.74) is 0.441. The summed E-state index contributed by atoms with van der Waals surface area (Å²) < 4.78 is 52.3. The number of alkyl halides is 3. The summed E-state index contributed by atoms with van der Waals surface area (Å²) in [6, 6.07) is 5.78. The summed E-state index contributed by atoms with van der Waals surface area (Å²) in [7, 11) is 0. The standard InChI is InChI=1S/C14H18F3NO3/c1-2-18-11(9-13-19-7-8-20-13)10-5-3-4-6-12(10)21-14(15,16)17/h3-6,11,13,18H,2,7-9H2,1H3. The van der Waals surface area contributed by atoms with Crippen LogP contribution in [0.2, 0.25) is 0 Å². The smallest absolute Gasteiger partial charge is 0.405 e. The second-order valence-corrected chi connectivity index (χ2v) is 4.60. The lowest BCUT2D eigenvalue weighted by Gasteiger charge is -2.23. The normalized spacial score (nSPS) is 17.9. The van der Waals surface area contributed by atoms with Crippen LogP contribution in [0.25, 0.3) is 0 Å². The van der Waals surface area contributed by atoms with E-state index in [1.54, 1.807) is 12.1 Å². The van der Waals surface area contributed by atoms with Crippen LogP contribution in [0, 0.1) is 0 Å². The molecule has 1 heterocycles. The molecule has 1 unspecified atom stereocenters. The average molecular weight is 305 g/mol. The van der Waals surface area contributed by atoms with Gasteiger partial charge >= 0.3 is 6.36 Å². The number of ether oxygens (including phenoxy) is 3. The Kier molecular flexibility index (Phi) is 5.44. The van der Waals surface area contributed by atoms with Crippen LogP contribution in [0.4, 0.5) is 13.2 Å². The van der Waals surface area contributed by atoms with Crippen LogP contribution in [0.3, 0.4) is 0 Å². The van der Waals surface area contributed by atoms with Crippen LogP contribution in [-0.4, -0.2) is 32.4 Å². The van der Waals surface area contributed by atoms with E-state index in [-0.39, 0.29) is 11.8 Å². The summed E-state index contributed by atoms with van der Waals surface area (Å²) >= 11 is 0. The third-order valence-electron chi connectivity index (χ3n) is 3.09. The highest BCUT2D eigenvalue weighted by atomic mass is 19.4. The fourth-order valence-electron chi connectivity index (χ4n) is 2.29. The number of hydrogen-bond acceptors (Lipinski definition) is 4. The van der Waals surface area contributed by atoms with E-state index in [0.717, 1.165) is 0 Å². The molecule has 1 fully saturated rings. The fourth-order valence-corrected chi connectivity index (χ4v) is 2.29. The predicted molar refractivity (Wildman–Crippen MR) is 69.9 cm³/mol. The molecule has 1 saturated heterocycles. The fraction of sp³-hybridized carbons (Fsp3) is 0.571. The largest absolute Gasteiger partial charge is 0.573 e. The molecule has 0 aliphatic carbocycles. The molecule has 0 bridgehead atoms. The Bertz CT molecular complexity index is 447. The molecule has 118 valence electrons. The van der Waals surface area contributed by atoms with E-state index in [1.165, 1.54) is 12.1 Å². The van der Waals surface area contributed by atoms with Crippen molar-refractivity contribution < 1.29 is 27.4 Å². The van der Waals surface area contributed by atoms with Gasteiger partial charge in [-0.3, -0.25) is 0 Å². The molecule has 0 aromatic heterocycles. The second-order valence-electron chi connectivity index (χ2n) is 4.60. The zero-order valence-corrected chi connectivity index (χ0v) is 11.7. The zero-order chi connectivity index (χ0) is 15.3. The molecule has 1 aromatic rings. The van der Waals surface area contributed by atoms with Crippen molar-refractivity contribution in [2.24, 2.45) is 0 Å². The highest BCUT2D eigenvalue weighted by Crippen LogP contribution is 2.33. The molecule has 2 rings (SSSR count). The van der Waals surface area contributed by atoms with E-state index >= 15 is 0 Å². The maximum atomic E-state index is 12.5. The lowest BCUT2D eigenvalue weighted by molar-refractivity contribution is -0.275. The lowest BCUT2D eigenvalue weighted by Crippen LogP contribution is -2.27. The summed E-state index contributed by atoms with van der Waals surface area (Å²) in [5.74, 6) is -0.200. The Hall–Kier alpha value is -1.31. The number of para-hydroxylation sites is 1. The molecule has 1 aliphatic heterocycles. The third kappa shape index (κ3) is 4.87. The molecule has 1 aromatic carbocycles. The molecular weight excluding hydrogens is 287 g/mol. The first-order valence-electron chi connectivity index (χ1n) is 6.81. The number of rotatable bonds is 6. The van der Waals surface area contributed by atoms with Gasteiger partial charge in [0.25, 0.3) is 0 Å². The minimum absolute atomic E-state index is 0.200. The van der Waals surface area contributed by atoms with Crippen molar-refractivity contribution in [1.29, 1.82) is 0 Å². The summed E-state index contributed by atoms with van der Waals surface area (Å²) in [4.78, 5) is 0. The highest BCUT2D eigenvalue weighted by Gasteiger charge is 2.33. The first-order valence-corrected chi connectivity index (χ1v) is 6.81. The summed E-state index contributed by atoms with van der Waals surface area (Å²) in [5, 5.41) is 3.14. The molecule has 1 atom stereocenters. The van der Waals surface area contributed by atoms with E-state index in [0.29, 0.717) is 31.7 Å². The van der Waals surface area contributed by atoms with Gasteiger partial charge in [0, 0.05) is 18.0 Å². The summed E-state index contributed by atoms with van der Waals surface area (Å²) in [6.07, 6.45) is -4.70. The third-order valence-corrected chi connectivity index (χ3v) is 3.09. The monoisotopic (exact) mass is 305 g/mol. The van der Waals surface area contributed by atoms with Crippen molar-refractivity contribution in [2.75, 3.05) is 19.8 Å². The SMILES string of the molecule is CCNC(CC1OCCO1)c1ccccc1OC(F)(F)F. The molecule has 1 N–H and O–H groups in total. The van der Waals surface area contributed by atoms with Crippen molar-refractivity contribution in [2.45, 2.75) is 32.0 Å². The highest BCUT2D eigenvalue weighted by molar-refractivity contribution is 5.36. The van der Waals surface area contributed by atoms with Crippen molar-refractivity contribution in [3.05, 3.63) is 29.8 Å². The first-order chi connectivity index (χ1) is 9.99. The maximum Gasteiger partial charge on any atom is 0.573 e. The summed E-state index contributed by atoms with van der Waals surface area (Å²) in [6.45, 7) is 3.50. The number of nitrogens with one attached hydrogen (secondary N) is 1. The Balaban J connectivity index is 2.18. The average Bonchev–Trinajstić information content (AvgIpc) is 2.90. The van der Waals surface area contributed by atoms with Crippen LogP contribution in [0.5, 0.6) is 5.75 Å². The Morgan fingerprint density at radius 3 is 2.57 bits per heavy atom. The quantitative estimate of drug-likeness (QED) is 0.877. The van der Waals surface area contributed by atoms with Crippen molar-refractivity contribution in [3.8, 4) is 5.75 Å². The topological polar surface area (TPSA) is 39.7 Å². The maximum absolute atomic E-state index is 12.5. The molecule has 21 heavy (non-hydrogen) atoms. The van der Waals surface area contributed by atoms with E-state index in [9.17, 15) is 13.2 Å². The van der Waals surface area contributed by atoms with Crippen molar-refractivity contribution in [3.63, 3.8) is 0 Å². The number of halogens is 3. The predicted octanol–water partition coefficient (Wildman–Crippen LogP) is 3.00. The van der Waals surface area contributed by atoms with Crippen molar-refractivity contribution >= 4 is 0 Å². The van der Waals surface area contributed by atoms with Gasteiger partial charge in [0.1, 0.15) is 5.75 Å².